The number of amides is 1. The molecule has 0 saturated carbocycles. The molecule has 1 aromatic carbocycles. The van der Waals surface area contributed by atoms with Gasteiger partial charge in [0.2, 0.25) is 0 Å². The number of carbonyl (C=O) groups is 1. The molecule has 0 aromatic heterocycles. The van der Waals surface area contributed by atoms with Crippen LogP contribution in [0.25, 0.3) is 0 Å². The van der Waals surface area contributed by atoms with Crippen molar-refractivity contribution in [2.24, 2.45) is 0 Å². The minimum atomic E-state index is -0.509. The molecule has 0 spiro atoms. The minimum absolute atomic E-state index is 0.141. The summed E-state index contributed by atoms with van der Waals surface area (Å²) in [6.45, 7) is 6.75. The van der Waals surface area contributed by atoms with Crippen LogP contribution < -0.4 is 0 Å². The number of nitrogens with zero attached hydrogens (tertiary/aromatic N) is 1. The van der Waals surface area contributed by atoms with Crippen LogP contribution in [0.5, 0.6) is 0 Å². The van der Waals surface area contributed by atoms with E-state index in [1.54, 1.807) is 4.90 Å². The number of piperidine rings is 1. The van der Waals surface area contributed by atoms with Crippen LogP contribution in [-0.2, 0) is 9.47 Å². The number of benzene rings is 1. The Bertz CT molecular complexity index is 623. The Kier molecular flexibility index (Phi) is 3.62. The van der Waals surface area contributed by atoms with Crippen molar-refractivity contribution in [3.63, 3.8) is 0 Å². The molecule has 0 aliphatic carbocycles. The summed E-state index contributed by atoms with van der Waals surface area (Å²) in [4.78, 5) is 13.9. The lowest BCUT2D eigenvalue weighted by Gasteiger charge is -2.30. The molecule has 116 valence electrons. The first-order valence-corrected chi connectivity index (χ1v) is 7.62. The second-order valence-corrected chi connectivity index (χ2v) is 6.80. The number of ether oxygens (including phenoxy) is 2. The molecule has 4 nitrogen and oxygen atoms in total. The van der Waals surface area contributed by atoms with Crippen molar-refractivity contribution in [3.8, 4) is 11.8 Å². The maximum atomic E-state index is 12.2. The van der Waals surface area contributed by atoms with E-state index >= 15 is 0 Å². The van der Waals surface area contributed by atoms with Crippen LogP contribution in [0.2, 0.25) is 0 Å². The molecule has 4 heteroatoms. The fraction of sp³-hybridized carbons (Fsp3) is 0.500. The zero-order valence-corrected chi connectivity index (χ0v) is 13.3. The molecule has 2 aliphatic rings. The number of likely N-dealkylation sites (tertiary alicyclic amines) is 1. The summed E-state index contributed by atoms with van der Waals surface area (Å²) in [5, 5.41) is 0. The normalized spacial score (nSPS) is 26.5. The first-order chi connectivity index (χ1) is 10.4. The van der Waals surface area contributed by atoms with E-state index in [0.717, 1.165) is 12.0 Å². The molecule has 3 rings (SSSR count). The average Bonchev–Trinajstić information content (AvgIpc) is 3.18. The maximum Gasteiger partial charge on any atom is 0.410 e. The molecule has 22 heavy (non-hydrogen) atoms. The van der Waals surface area contributed by atoms with Crippen molar-refractivity contribution in [1.82, 2.24) is 4.90 Å². The number of hydrogen-bond acceptors (Lipinski definition) is 3. The molecule has 2 saturated heterocycles. The van der Waals surface area contributed by atoms with Gasteiger partial charge in [-0.2, -0.15) is 0 Å². The number of carbonyl (C=O) groups excluding carboxylic acids is 1. The molecule has 2 atom stereocenters. The summed E-state index contributed by atoms with van der Waals surface area (Å²) in [7, 11) is 0. The number of hydrogen-bond donors (Lipinski definition) is 0. The predicted octanol–water partition coefficient (Wildman–Crippen LogP) is 2.82. The van der Waals surface area contributed by atoms with Crippen molar-refractivity contribution < 1.29 is 14.3 Å². The molecule has 2 fully saturated rings. The van der Waals surface area contributed by atoms with Crippen LogP contribution in [0.1, 0.15) is 32.8 Å². The zero-order chi connectivity index (χ0) is 15.8. The van der Waals surface area contributed by atoms with Gasteiger partial charge in [0.05, 0.1) is 6.54 Å². The third-order valence-corrected chi connectivity index (χ3v) is 3.75. The van der Waals surface area contributed by atoms with Gasteiger partial charge in [-0.25, -0.2) is 4.79 Å². The molecular formula is C18H21NO3. The summed E-state index contributed by atoms with van der Waals surface area (Å²) in [6, 6.07) is 9.82. The first-order valence-electron chi connectivity index (χ1n) is 7.62. The van der Waals surface area contributed by atoms with Crippen LogP contribution in [0.3, 0.4) is 0 Å². The highest BCUT2D eigenvalue weighted by Crippen LogP contribution is 2.42. The monoisotopic (exact) mass is 299 g/mol. The van der Waals surface area contributed by atoms with Gasteiger partial charge >= 0.3 is 6.09 Å². The van der Waals surface area contributed by atoms with Crippen LogP contribution in [0.4, 0.5) is 4.79 Å². The Hall–Kier alpha value is -1.99. The van der Waals surface area contributed by atoms with E-state index in [4.69, 9.17) is 9.47 Å². The van der Waals surface area contributed by atoms with E-state index in [9.17, 15) is 4.79 Å². The quantitative estimate of drug-likeness (QED) is 0.546. The van der Waals surface area contributed by atoms with E-state index in [0.29, 0.717) is 13.1 Å². The van der Waals surface area contributed by atoms with E-state index in [1.165, 1.54) is 0 Å². The van der Waals surface area contributed by atoms with Crippen molar-refractivity contribution >= 4 is 6.09 Å². The minimum Gasteiger partial charge on any atom is -0.444 e. The van der Waals surface area contributed by atoms with Gasteiger partial charge in [0.25, 0.3) is 0 Å². The first kappa shape index (κ1) is 14.9. The van der Waals surface area contributed by atoms with Gasteiger partial charge in [-0.3, -0.25) is 0 Å². The van der Waals surface area contributed by atoms with Gasteiger partial charge in [-0.05, 0) is 39.3 Å². The summed E-state index contributed by atoms with van der Waals surface area (Å²) >= 11 is 0. The summed E-state index contributed by atoms with van der Waals surface area (Å²) in [5.41, 5.74) is -0.0350. The van der Waals surface area contributed by atoms with Gasteiger partial charge in [0.15, 0.2) is 5.60 Å². The summed E-state index contributed by atoms with van der Waals surface area (Å²) in [5.74, 6) is 6.36. The Morgan fingerprint density at radius 3 is 2.77 bits per heavy atom. The van der Waals surface area contributed by atoms with Crippen LogP contribution in [0, 0.1) is 11.8 Å². The topological polar surface area (TPSA) is 42.1 Å². The number of epoxide rings is 1. The molecule has 0 N–H and O–H groups in total. The van der Waals surface area contributed by atoms with Crippen molar-refractivity contribution in [2.45, 2.75) is 44.5 Å². The van der Waals surface area contributed by atoms with Crippen LogP contribution in [-0.4, -0.2) is 41.4 Å². The van der Waals surface area contributed by atoms with Gasteiger partial charge < -0.3 is 14.4 Å². The van der Waals surface area contributed by atoms with Gasteiger partial charge in [0.1, 0.15) is 11.7 Å². The highest BCUT2D eigenvalue weighted by atomic mass is 16.6. The third kappa shape index (κ3) is 3.26. The van der Waals surface area contributed by atoms with Crippen molar-refractivity contribution in [2.75, 3.05) is 13.1 Å². The van der Waals surface area contributed by atoms with E-state index < -0.39 is 11.2 Å². The summed E-state index contributed by atoms with van der Waals surface area (Å²) in [6.07, 6.45) is 0.660. The zero-order valence-electron chi connectivity index (χ0n) is 13.3. The molecule has 0 radical (unpaired) electrons. The molecule has 2 heterocycles. The van der Waals surface area contributed by atoms with Crippen molar-refractivity contribution in [3.05, 3.63) is 35.9 Å². The van der Waals surface area contributed by atoms with E-state index in [-0.39, 0.29) is 12.2 Å². The lowest BCUT2D eigenvalue weighted by molar-refractivity contribution is 0.0211. The molecule has 2 aliphatic heterocycles. The molecule has 0 unspecified atom stereocenters. The smallest absolute Gasteiger partial charge is 0.410 e. The Morgan fingerprint density at radius 2 is 2.09 bits per heavy atom. The molecule has 1 amide bonds. The molecular weight excluding hydrogens is 278 g/mol. The second-order valence-electron chi connectivity index (χ2n) is 6.80. The lowest BCUT2D eigenvalue weighted by Crippen LogP contribution is -2.46. The van der Waals surface area contributed by atoms with Crippen molar-refractivity contribution in [1.29, 1.82) is 0 Å². The third-order valence-electron chi connectivity index (χ3n) is 3.75. The average molecular weight is 299 g/mol. The Balaban J connectivity index is 1.69. The summed E-state index contributed by atoms with van der Waals surface area (Å²) < 4.78 is 11.2. The van der Waals surface area contributed by atoms with E-state index in [1.807, 2.05) is 51.1 Å². The standard InChI is InChI=1S/C18H21NO3/c1-17(2,3)22-16(20)19-12-10-15-18(13-19,21-15)11-9-14-7-5-4-6-8-14/h4-8,15H,10,12-13H2,1-3H3/t15-,18-/m1/s1. The predicted molar refractivity (Wildman–Crippen MR) is 83.3 cm³/mol. The highest BCUT2D eigenvalue weighted by molar-refractivity contribution is 5.69. The number of rotatable bonds is 0. The van der Waals surface area contributed by atoms with Gasteiger partial charge in [-0.15, -0.1) is 0 Å². The molecule has 1 aromatic rings. The van der Waals surface area contributed by atoms with Gasteiger partial charge in [0, 0.05) is 12.1 Å². The lowest BCUT2D eigenvalue weighted by atomic mass is 9.98. The Labute approximate surface area is 131 Å². The van der Waals surface area contributed by atoms with Crippen LogP contribution in [0.15, 0.2) is 30.3 Å². The molecule has 0 bridgehead atoms. The fourth-order valence-electron chi connectivity index (χ4n) is 2.62. The van der Waals surface area contributed by atoms with Gasteiger partial charge in [-0.1, -0.05) is 30.0 Å². The fourth-order valence-corrected chi connectivity index (χ4v) is 2.62. The SMILES string of the molecule is CC(C)(C)OC(=O)N1CC[C@H]2O[C@]2(C#Cc2ccccc2)C1. The number of fused-ring (bicyclic) bond motifs is 1. The van der Waals surface area contributed by atoms with Crippen LogP contribution >= 0.6 is 0 Å². The highest BCUT2D eigenvalue weighted by Gasteiger charge is 2.59. The maximum absolute atomic E-state index is 12.2. The van der Waals surface area contributed by atoms with E-state index in [2.05, 4.69) is 11.8 Å². The second kappa shape index (κ2) is 5.33. The Morgan fingerprint density at radius 1 is 1.36 bits per heavy atom. The largest absolute Gasteiger partial charge is 0.444 e.